The summed E-state index contributed by atoms with van der Waals surface area (Å²) in [5, 5.41) is 5.47. The van der Waals surface area contributed by atoms with Gasteiger partial charge in [0, 0.05) is 11.6 Å². The SMILES string of the molecule is NCCc1cn(C(=O)c2ccc(S(N)(=O)=O)o2)c2ccccc12. The number of nitrogens with zero attached hydrogens (tertiary/aromatic N) is 1. The Kier molecular flexibility index (Phi) is 3.80. The van der Waals surface area contributed by atoms with Crippen molar-refractivity contribution in [1.82, 2.24) is 4.57 Å². The molecule has 0 spiro atoms. The van der Waals surface area contributed by atoms with E-state index in [1.54, 1.807) is 12.3 Å². The summed E-state index contributed by atoms with van der Waals surface area (Å²) in [5.41, 5.74) is 7.25. The predicted octanol–water partition coefficient (Wildman–Crippen LogP) is 1.07. The van der Waals surface area contributed by atoms with Crippen molar-refractivity contribution in [3.8, 4) is 0 Å². The van der Waals surface area contributed by atoms with Crippen LogP contribution in [0.4, 0.5) is 0 Å². The highest BCUT2D eigenvalue weighted by atomic mass is 32.2. The molecule has 3 rings (SSSR count). The van der Waals surface area contributed by atoms with E-state index >= 15 is 0 Å². The quantitative estimate of drug-likeness (QED) is 0.739. The minimum absolute atomic E-state index is 0.103. The molecule has 23 heavy (non-hydrogen) atoms. The van der Waals surface area contributed by atoms with E-state index in [1.807, 2.05) is 18.2 Å². The topological polar surface area (TPSA) is 121 Å². The lowest BCUT2D eigenvalue weighted by molar-refractivity contribution is 0.0932. The minimum atomic E-state index is -3.99. The Hall–Kier alpha value is -2.42. The van der Waals surface area contributed by atoms with E-state index in [0.717, 1.165) is 17.0 Å². The molecule has 2 heterocycles. The van der Waals surface area contributed by atoms with E-state index in [4.69, 9.17) is 15.3 Å². The van der Waals surface area contributed by atoms with Crippen LogP contribution in [0.15, 0.2) is 52.1 Å². The smallest absolute Gasteiger partial charge is 0.298 e. The summed E-state index contributed by atoms with van der Waals surface area (Å²) >= 11 is 0. The second-order valence-electron chi connectivity index (χ2n) is 5.05. The Morgan fingerprint density at radius 1 is 1.17 bits per heavy atom. The summed E-state index contributed by atoms with van der Waals surface area (Å²) in [6, 6.07) is 9.85. The zero-order chi connectivity index (χ0) is 16.6. The van der Waals surface area contributed by atoms with Gasteiger partial charge in [0.1, 0.15) is 0 Å². The number of hydrogen-bond acceptors (Lipinski definition) is 5. The number of rotatable bonds is 4. The van der Waals surface area contributed by atoms with Gasteiger partial charge in [0.15, 0.2) is 5.76 Å². The van der Waals surface area contributed by atoms with Crippen molar-refractivity contribution in [2.45, 2.75) is 11.5 Å². The molecule has 0 saturated heterocycles. The van der Waals surface area contributed by atoms with Crippen molar-refractivity contribution in [3.05, 3.63) is 53.9 Å². The van der Waals surface area contributed by atoms with Gasteiger partial charge in [-0.1, -0.05) is 18.2 Å². The van der Waals surface area contributed by atoms with Crippen LogP contribution in [0.25, 0.3) is 10.9 Å². The van der Waals surface area contributed by atoms with Crippen LogP contribution in [0, 0.1) is 0 Å². The number of para-hydroxylation sites is 1. The van der Waals surface area contributed by atoms with Gasteiger partial charge in [0.2, 0.25) is 5.09 Å². The predicted molar refractivity (Wildman–Crippen MR) is 84.5 cm³/mol. The van der Waals surface area contributed by atoms with Gasteiger partial charge in [-0.05, 0) is 36.7 Å². The molecule has 2 aromatic heterocycles. The summed E-state index contributed by atoms with van der Waals surface area (Å²) in [7, 11) is -3.99. The first-order chi connectivity index (χ1) is 10.9. The molecule has 0 aliphatic carbocycles. The maximum atomic E-state index is 12.6. The fourth-order valence-corrected chi connectivity index (χ4v) is 2.94. The monoisotopic (exact) mass is 333 g/mol. The average molecular weight is 333 g/mol. The van der Waals surface area contributed by atoms with Crippen LogP contribution in [-0.2, 0) is 16.4 Å². The van der Waals surface area contributed by atoms with Gasteiger partial charge in [-0.2, -0.15) is 0 Å². The van der Waals surface area contributed by atoms with Gasteiger partial charge in [0.25, 0.3) is 15.9 Å². The van der Waals surface area contributed by atoms with Crippen LogP contribution < -0.4 is 10.9 Å². The minimum Gasteiger partial charge on any atom is -0.438 e. The van der Waals surface area contributed by atoms with E-state index in [1.165, 1.54) is 10.6 Å². The standard InChI is InChI=1S/C15H15N3O4S/c16-8-7-10-9-18(12-4-2-1-3-11(10)12)15(19)13-5-6-14(22-13)23(17,20)21/h1-6,9H,7-8,16H2,(H2,17,20,21). The summed E-state index contributed by atoms with van der Waals surface area (Å²) in [5.74, 6) is -0.576. The number of benzene rings is 1. The van der Waals surface area contributed by atoms with Crippen molar-refractivity contribution in [1.29, 1.82) is 0 Å². The third-order valence-corrected chi connectivity index (χ3v) is 4.28. The van der Waals surface area contributed by atoms with Crippen LogP contribution >= 0.6 is 0 Å². The average Bonchev–Trinajstić information content (AvgIpc) is 3.12. The fourth-order valence-electron chi connectivity index (χ4n) is 2.48. The largest absolute Gasteiger partial charge is 0.438 e. The van der Waals surface area contributed by atoms with Crippen LogP contribution in [0.5, 0.6) is 0 Å². The maximum Gasteiger partial charge on any atom is 0.298 e. The van der Waals surface area contributed by atoms with Crippen molar-refractivity contribution >= 4 is 26.8 Å². The Balaban J connectivity index is 2.09. The molecule has 7 nitrogen and oxygen atoms in total. The molecule has 0 aliphatic heterocycles. The normalized spacial score (nSPS) is 11.9. The van der Waals surface area contributed by atoms with Gasteiger partial charge >= 0.3 is 0 Å². The van der Waals surface area contributed by atoms with E-state index in [2.05, 4.69) is 0 Å². The van der Waals surface area contributed by atoms with E-state index < -0.39 is 21.0 Å². The molecule has 1 aromatic carbocycles. The van der Waals surface area contributed by atoms with E-state index in [9.17, 15) is 13.2 Å². The molecular weight excluding hydrogens is 318 g/mol. The van der Waals surface area contributed by atoms with Crippen LogP contribution in [0.2, 0.25) is 0 Å². The first kappa shape index (κ1) is 15.5. The number of primary sulfonamides is 1. The second kappa shape index (κ2) is 5.65. The highest BCUT2D eigenvalue weighted by Gasteiger charge is 2.20. The third-order valence-electron chi connectivity index (χ3n) is 3.50. The molecule has 0 atom stereocenters. The number of hydrogen-bond donors (Lipinski definition) is 2. The van der Waals surface area contributed by atoms with Crippen LogP contribution in [-0.4, -0.2) is 25.4 Å². The Bertz CT molecular complexity index is 985. The lowest BCUT2D eigenvalue weighted by Crippen LogP contribution is -2.12. The number of nitrogens with two attached hydrogens (primary N) is 2. The van der Waals surface area contributed by atoms with Crippen molar-refractivity contribution in [3.63, 3.8) is 0 Å². The molecule has 0 amide bonds. The van der Waals surface area contributed by atoms with Gasteiger partial charge in [-0.3, -0.25) is 9.36 Å². The molecule has 4 N–H and O–H groups in total. The van der Waals surface area contributed by atoms with Gasteiger partial charge in [-0.15, -0.1) is 0 Å². The molecule has 0 fully saturated rings. The highest BCUT2D eigenvalue weighted by molar-refractivity contribution is 7.89. The van der Waals surface area contributed by atoms with Crippen molar-refractivity contribution in [2.75, 3.05) is 6.54 Å². The lowest BCUT2D eigenvalue weighted by Gasteiger charge is -2.01. The molecule has 0 unspecified atom stereocenters. The number of sulfonamides is 1. The van der Waals surface area contributed by atoms with Crippen molar-refractivity contribution < 1.29 is 17.6 Å². The molecule has 0 radical (unpaired) electrons. The zero-order valence-electron chi connectivity index (χ0n) is 12.1. The van der Waals surface area contributed by atoms with Gasteiger partial charge < -0.3 is 10.2 Å². The number of carbonyl (C=O) groups excluding carboxylic acids is 1. The number of fused-ring (bicyclic) bond motifs is 1. The molecular formula is C15H15N3O4S. The second-order valence-corrected chi connectivity index (χ2v) is 6.54. The highest BCUT2D eigenvalue weighted by Crippen LogP contribution is 2.23. The molecule has 120 valence electrons. The Labute approximate surface area is 132 Å². The third kappa shape index (κ3) is 2.79. The summed E-state index contributed by atoms with van der Waals surface area (Å²) < 4.78 is 29.0. The zero-order valence-corrected chi connectivity index (χ0v) is 12.9. The molecule has 3 aromatic rings. The van der Waals surface area contributed by atoms with Gasteiger partial charge in [-0.25, -0.2) is 13.6 Å². The number of carbonyl (C=O) groups is 1. The molecule has 8 heteroatoms. The number of furan rings is 1. The summed E-state index contributed by atoms with van der Waals surface area (Å²) in [6.07, 6.45) is 2.32. The first-order valence-corrected chi connectivity index (χ1v) is 8.43. The van der Waals surface area contributed by atoms with E-state index in [0.29, 0.717) is 18.5 Å². The van der Waals surface area contributed by atoms with E-state index in [-0.39, 0.29) is 5.76 Å². The lowest BCUT2D eigenvalue weighted by atomic mass is 10.1. The molecule has 0 saturated carbocycles. The Morgan fingerprint density at radius 2 is 1.91 bits per heavy atom. The first-order valence-electron chi connectivity index (χ1n) is 6.88. The van der Waals surface area contributed by atoms with Gasteiger partial charge in [0.05, 0.1) is 5.52 Å². The number of aromatic nitrogens is 1. The van der Waals surface area contributed by atoms with Crippen LogP contribution in [0.3, 0.4) is 0 Å². The molecule has 0 aliphatic rings. The van der Waals surface area contributed by atoms with Crippen molar-refractivity contribution in [2.24, 2.45) is 10.9 Å². The maximum absolute atomic E-state index is 12.6. The summed E-state index contributed by atoms with van der Waals surface area (Å²) in [4.78, 5) is 12.6. The summed E-state index contributed by atoms with van der Waals surface area (Å²) in [6.45, 7) is 0.457. The fraction of sp³-hybridized carbons (Fsp3) is 0.133. The van der Waals surface area contributed by atoms with Crippen LogP contribution in [0.1, 0.15) is 16.1 Å². The molecule has 0 bridgehead atoms. The Morgan fingerprint density at radius 3 is 2.57 bits per heavy atom.